The van der Waals surface area contributed by atoms with Gasteiger partial charge in [0.25, 0.3) is 5.91 Å². The van der Waals surface area contributed by atoms with Crippen LogP contribution in [0.5, 0.6) is 0 Å². The lowest BCUT2D eigenvalue weighted by atomic mass is 10.1. The highest BCUT2D eigenvalue weighted by molar-refractivity contribution is 6.15. The van der Waals surface area contributed by atoms with Gasteiger partial charge in [-0.3, -0.25) is 9.59 Å². The molecule has 0 spiro atoms. The zero-order valence-corrected chi connectivity index (χ0v) is 14.2. The van der Waals surface area contributed by atoms with E-state index in [4.69, 9.17) is 0 Å². The van der Waals surface area contributed by atoms with Gasteiger partial charge in [-0.1, -0.05) is 5.21 Å². The first-order chi connectivity index (χ1) is 11.4. The topological polar surface area (TPSA) is 100 Å². The molecule has 0 radical (unpaired) electrons. The van der Waals surface area contributed by atoms with Gasteiger partial charge in [0.2, 0.25) is 5.91 Å². The standard InChI is InChI=1S/C16H23N5O3/c1-9(2)14(21-8-12(18-19-21)10-4-5-10)16(24)20-7-11(22)6-13(20)15(23)17-3/h8,10-11,13,22H,4-7H2,1-3H3,(H,17,23)/t11-,13+/m1/s1. The number of allylic oxidation sites excluding steroid dienone is 1. The second-order valence-electron chi connectivity index (χ2n) is 6.69. The molecule has 2 N–H and O–H groups in total. The summed E-state index contributed by atoms with van der Waals surface area (Å²) in [6.07, 6.45) is 3.54. The molecular formula is C16H23N5O3. The lowest BCUT2D eigenvalue weighted by Crippen LogP contribution is -2.45. The molecule has 2 amide bonds. The molecule has 8 heteroatoms. The van der Waals surface area contributed by atoms with Gasteiger partial charge in [0.15, 0.2) is 0 Å². The fourth-order valence-corrected chi connectivity index (χ4v) is 3.08. The summed E-state index contributed by atoms with van der Waals surface area (Å²) in [5.74, 6) is -0.142. The predicted molar refractivity (Wildman–Crippen MR) is 86.8 cm³/mol. The number of aromatic nitrogens is 3. The number of carbonyl (C=O) groups is 2. The van der Waals surface area contributed by atoms with Gasteiger partial charge in [-0.15, -0.1) is 5.10 Å². The third kappa shape index (κ3) is 3.06. The molecular weight excluding hydrogens is 310 g/mol. The van der Waals surface area contributed by atoms with Crippen LogP contribution in [0.15, 0.2) is 11.8 Å². The van der Waals surface area contributed by atoms with E-state index in [0.717, 1.165) is 24.1 Å². The summed E-state index contributed by atoms with van der Waals surface area (Å²) in [6, 6.07) is -0.668. The molecule has 0 bridgehead atoms. The Morgan fingerprint density at radius 1 is 1.33 bits per heavy atom. The third-order valence-electron chi connectivity index (χ3n) is 4.50. The zero-order valence-electron chi connectivity index (χ0n) is 14.2. The number of amides is 2. The van der Waals surface area contributed by atoms with E-state index in [2.05, 4.69) is 15.6 Å². The maximum absolute atomic E-state index is 13.0. The van der Waals surface area contributed by atoms with Gasteiger partial charge in [-0.05, 0) is 32.3 Å². The average Bonchev–Trinajstić information content (AvgIpc) is 3.15. The molecule has 8 nitrogen and oxygen atoms in total. The predicted octanol–water partition coefficient (Wildman–Crippen LogP) is 0.114. The number of β-amino-alcohol motifs (C(OH)–C–C–N with tert-alkyl or cyclic N) is 1. The van der Waals surface area contributed by atoms with Crippen molar-refractivity contribution in [2.75, 3.05) is 13.6 Å². The first-order valence-electron chi connectivity index (χ1n) is 8.23. The van der Waals surface area contributed by atoms with E-state index in [1.807, 2.05) is 13.8 Å². The normalized spacial score (nSPS) is 23.2. The highest BCUT2D eigenvalue weighted by atomic mass is 16.3. The number of likely N-dealkylation sites (tertiary alicyclic amines) is 1. The van der Waals surface area contributed by atoms with Crippen LogP contribution in [0.25, 0.3) is 5.70 Å². The minimum Gasteiger partial charge on any atom is -0.391 e. The molecule has 2 fully saturated rings. The number of aliphatic hydroxyl groups excluding tert-OH is 1. The first kappa shape index (κ1) is 16.6. The molecule has 130 valence electrons. The molecule has 0 unspecified atom stereocenters. The first-order valence-corrected chi connectivity index (χ1v) is 8.23. The van der Waals surface area contributed by atoms with Crippen LogP contribution in [0.1, 0.15) is 44.7 Å². The van der Waals surface area contributed by atoms with Crippen molar-refractivity contribution in [3.8, 4) is 0 Å². The Hall–Kier alpha value is -2.22. The Morgan fingerprint density at radius 3 is 2.62 bits per heavy atom. The number of hydrogen-bond donors (Lipinski definition) is 2. The van der Waals surface area contributed by atoms with Crippen molar-refractivity contribution in [3.63, 3.8) is 0 Å². The quantitative estimate of drug-likeness (QED) is 0.762. The second-order valence-corrected chi connectivity index (χ2v) is 6.69. The van der Waals surface area contributed by atoms with E-state index in [1.165, 1.54) is 16.6 Å². The van der Waals surface area contributed by atoms with Crippen molar-refractivity contribution in [2.24, 2.45) is 0 Å². The van der Waals surface area contributed by atoms with Crippen LogP contribution in [0.4, 0.5) is 0 Å². The van der Waals surface area contributed by atoms with E-state index < -0.39 is 12.1 Å². The van der Waals surface area contributed by atoms with Crippen molar-refractivity contribution < 1.29 is 14.7 Å². The molecule has 24 heavy (non-hydrogen) atoms. The lowest BCUT2D eigenvalue weighted by Gasteiger charge is -2.24. The van der Waals surface area contributed by atoms with Crippen LogP contribution in [-0.4, -0.2) is 62.6 Å². The van der Waals surface area contributed by atoms with Crippen molar-refractivity contribution in [2.45, 2.75) is 51.2 Å². The number of likely N-dealkylation sites (N-methyl/N-ethyl adjacent to an activating group) is 1. The smallest absolute Gasteiger partial charge is 0.273 e. The summed E-state index contributed by atoms with van der Waals surface area (Å²) >= 11 is 0. The number of nitrogens with zero attached hydrogens (tertiary/aromatic N) is 4. The minimum atomic E-state index is -0.701. The van der Waals surface area contributed by atoms with Crippen LogP contribution in [0.3, 0.4) is 0 Å². The maximum Gasteiger partial charge on any atom is 0.273 e. The Morgan fingerprint density at radius 2 is 2.04 bits per heavy atom. The fraction of sp³-hybridized carbons (Fsp3) is 0.625. The highest BCUT2D eigenvalue weighted by Gasteiger charge is 2.40. The van der Waals surface area contributed by atoms with Gasteiger partial charge in [-0.2, -0.15) is 0 Å². The molecule has 1 aromatic heterocycles. The van der Waals surface area contributed by atoms with Gasteiger partial charge >= 0.3 is 0 Å². The van der Waals surface area contributed by atoms with Crippen LogP contribution >= 0.6 is 0 Å². The Labute approximate surface area is 140 Å². The van der Waals surface area contributed by atoms with E-state index in [9.17, 15) is 14.7 Å². The minimum absolute atomic E-state index is 0.137. The average molecular weight is 333 g/mol. The molecule has 0 aromatic carbocycles. The molecule has 2 atom stereocenters. The number of carbonyl (C=O) groups excluding carboxylic acids is 2. The van der Waals surface area contributed by atoms with E-state index in [-0.39, 0.29) is 24.8 Å². The third-order valence-corrected chi connectivity index (χ3v) is 4.50. The van der Waals surface area contributed by atoms with Gasteiger partial charge in [0, 0.05) is 25.9 Å². The van der Waals surface area contributed by atoms with Crippen LogP contribution in [0.2, 0.25) is 0 Å². The Balaban J connectivity index is 1.89. The summed E-state index contributed by atoms with van der Waals surface area (Å²) in [5.41, 5.74) is 2.06. The molecule has 1 aromatic rings. The monoisotopic (exact) mass is 333 g/mol. The van der Waals surface area contributed by atoms with E-state index in [0.29, 0.717) is 11.6 Å². The summed E-state index contributed by atoms with van der Waals surface area (Å²) in [6.45, 7) is 3.79. The molecule has 3 rings (SSSR count). The molecule has 1 aliphatic carbocycles. The van der Waals surface area contributed by atoms with E-state index in [1.54, 1.807) is 6.20 Å². The number of rotatable bonds is 4. The molecule has 1 saturated carbocycles. The van der Waals surface area contributed by atoms with Gasteiger partial charge in [-0.25, -0.2) is 4.68 Å². The van der Waals surface area contributed by atoms with Crippen LogP contribution in [0, 0.1) is 0 Å². The van der Waals surface area contributed by atoms with Gasteiger partial charge in [0.1, 0.15) is 11.7 Å². The van der Waals surface area contributed by atoms with Crippen LogP contribution < -0.4 is 5.32 Å². The molecule has 1 saturated heterocycles. The van der Waals surface area contributed by atoms with Crippen molar-refractivity contribution in [1.29, 1.82) is 0 Å². The maximum atomic E-state index is 13.0. The van der Waals surface area contributed by atoms with Crippen molar-refractivity contribution in [1.82, 2.24) is 25.2 Å². The van der Waals surface area contributed by atoms with Gasteiger partial charge in [0.05, 0.1) is 18.0 Å². The van der Waals surface area contributed by atoms with Crippen LogP contribution in [-0.2, 0) is 9.59 Å². The molecule has 2 heterocycles. The van der Waals surface area contributed by atoms with E-state index >= 15 is 0 Å². The van der Waals surface area contributed by atoms with Crippen molar-refractivity contribution in [3.05, 3.63) is 17.5 Å². The Bertz CT molecular complexity index is 688. The summed E-state index contributed by atoms with van der Waals surface area (Å²) < 4.78 is 1.50. The largest absolute Gasteiger partial charge is 0.391 e. The summed E-state index contributed by atoms with van der Waals surface area (Å²) in [4.78, 5) is 26.5. The Kier molecular flexibility index (Phi) is 4.40. The summed E-state index contributed by atoms with van der Waals surface area (Å²) in [5, 5.41) is 20.7. The fourth-order valence-electron chi connectivity index (χ4n) is 3.08. The van der Waals surface area contributed by atoms with Crippen molar-refractivity contribution >= 4 is 17.5 Å². The van der Waals surface area contributed by atoms with Gasteiger partial charge < -0.3 is 15.3 Å². The SMILES string of the molecule is CNC(=O)[C@@H]1C[C@@H](O)CN1C(=O)C(=C(C)C)n1cc(C2CC2)nn1. The second kappa shape index (κ2) is 6.35. The number of aliphatic hydroxyl groups is 1. The summed E-state index contributed by atoms with van der Waals surface area (Å²) in [7, 11) is 1.52. The number of nitrogens with one attached hydrogen (secondary N) is 1. The highest BCUT2D eigenvalue weighted by Crippen LogP contribution is 2.39. The molecule has 1 aliphatic heterocycles. The molecule has 2 aliphatic rings. The lowest BCUT2D eigenvalue weighted by molar-refractivity contribution is -0.134. The number of hydrogen-bond acceptors (Lipinski definition) is 5. The zero-order chi connectivity index (χ0) is 17.4.